The fraction of sp³-hybridized carbons (Fsp3) is 0.350. The van der Waals surface area contributed by atoms with E-state index in [0.29, 0.717) is 22.7 Å². The average Bonchev–Trinajstić information content (AvgIpc) is 2.67. The minimum Gasteiger partial charge on any atom is -0.487 e. The average molecular weight is 390 g/mol. The maximum absolute atomic E-state index is 6.19. The lowest BCUT2D eigenvalue weighted by Gasteiger charge is -2.33. The lowest BCUT2D eigenvalue weighted by atomic mass is 10.0. The second-order valence-electron chi connectivity index (χ2n) is 6.73. The Kier molecular flexibility index (Phi) is 5.34. The van der Waals surface area contributed by atoms with Crippen LogP contribution in [0, 0.1) is 0 Å². The molecule has 0 bridgehead atoms. The number of hydrogen-bond donors (Lipinski definition) is 1. The number of fused-ring (bicyclic) bond motifs is 1. The molecule has 0 unspecified atom stereocenters. The van der Waals surface area contributed by atoms with Crippen LogP contribution in [-0.4, -0.2) is 37.3 Å². The molecule has 1 N–H and O–H groups in total. The number of anilines is 1. The molecular weight excluding hydrogens is 369 g/mol. The number of benzene rings is 1. The molecular formula is C20H21Cl2N3O. The number of pyridine rings is 1. The topological polar surface area (TPSA) is 37.4 Å². The Hall–Kier alpha value is -1.75. The Morgan fingerprint density at radius 1 is 1.19 bits per heavy atom. The maximum Gasteiger partial charge on any atom is 0.145 e. The van der Waals surface area contributed by atoms with Gasteiger partial charge in [0.1, 0.15) is 18.2 Å². The van der Waals surface area contributed by atoms with Crippen molar-refractivity contribution in [2.45, 2.75) is 18.9 Å². The van der Waals surface area contributed by atoms with Crippen LogP contribution in [-0.2, 0) is 0 Å². The Balaban J connectivity index is 1.32. The summed E-state index contributed by atoms with van der Waals surface area (Å²) in [6.07, 6.45) is 6.20. The fourth-order valence-corrected chi connectivity index (χ4v) is 4.06. The van der Waals surface area contributed by atoms with Crippen LogP contribution in [0.5, 0.6) is 5.75 Å². The van der Waals surface area contributed by atoms with E-state index in [9.17, 15) is 0 Å². The van der Waals surface area contributed by atoms with Crippen LogP contribution in [0.25, 0.3) is 6.08 Å². The van der Waals surface area contributed by atoms with E-state index < -0.39 is 0 Å². The monoisotopic (exact) mass is 389 g/mol. The summed E-state index contributed by atoms with van der Waals surface area (Å²) in [6, 6.07) is 10.2. The predicted molar refractivity (Wildman–Crippen MR) is 107 cm³/mol. The molecule has 1 saturated heterocycles. The minimum atomic E-state index is 0.514. The van der Waals surface area contributed by atoms with Gasteiger partial charge in [-0.25, -0.2) is 4.98 Å². The second-order valence-corrected chi connectivity index (χ2v) is 7.57. The first-order valence-electron chi connectivity index (χ1n) is 8.90. The van der Waals surface area contributed by atoms with Gasteiger partial charge < -0.3 is 15.0 Å². The van der Waals surface area contributed by atoms with Gasteiger partial charge in [-0.3, -0.25) is 0 Å². The molecule has 2 aromatic rings. The van der Waals surface area contributed by atoms with Crippen LogP contribution >= 0.6 is 23.2 Å². The highest BCUT2D eigenvalue weighted by atomic mass is 35.5. The molecule has 26 heavy (non-hydrogen) atoms. The van der Waals surface area contributed by atoms with Crippen molar-refractivity contribution in [3.8, 4) is 5.75 Å². The van der Waals surface area contributed by atoms with Gasteiger partial charge in [-0.05, 0) is 48.8 Å². The zero-order valence-electron chi connectivity index (χ0n) is 14.4. The number of aromatic nitrogens is 1. The van der Waals surface area contributed by atoms with Crippen molar-refractivity contribution in [2.24, 2.45) is 0 Å². The van der Waals surface area contributed by atoms with Gasteiger partial charge in [-0.2, -0.15) is 0 Å². The zero-order chi connectivity index (χ0) is 17.9. The first-order chi connectivity index (χ1) is 12.7. The molecule has 1 aromatic carbocycles. The molecule has 0 atom stereocenters. The summed E-state index contributed by atoms with van der Waals surface area (Å²) in [5.74, 6) is 1.79. The van der Waals surface area contributed by atoms with Crippen LogP contribution in [0.1, 0.15) is 18.4 Å². The highest BCUT2D eigenvalue weighted by molar-refractivity contribution is 6.36. The summed E-state index contributed by atoms with van der Waals surface area (Å²) < 4.78 is 5.82. The Labute approximate surface area is 163 Å². The third-order valence-electron chi connectivity index (χ3n) is 4.88. The summed E-state index contributed by atoms with van der Waals surface area (Å²) in [5.41, 5.74) is 2.17. The van der Waals surface area contributed by atoms with E-state index in [1.165, 1.54) is 5.57 Å². The smallest absolute Gasteiger partial charge is 0.145 e. The van der Waals surface area contributed by atoms with Crippen molar-refractivity contribution >= 4 is 35.1 Å². The largest absolute Gasteiger partial charge is 0.487 e. The number of piperidine rings is 1. The van der Waals surface area contributed by atoms with Crippen molar-refractivity contribution in [1.82, 2.24) is 10.3 Å². The molecule has 0 radical (unpaired) electrons. The summed E-state index contributed by atoms with van der Waals surface area (Å²) in [6.45, 7) is 3.43. The van der Waals surface area contributed by atoms with Gasteiger partial charge in [0, 0.05) is 42.5 Å². The summed E-state index contributed by atoms with van der Waals surface area (Å²) >= 11 is 12.3. The number of nitrogens with one attached hydrogen (secondary N) is 1. The SMILES string of the molecule is Clc1cc(Cl)c2c(c1)C=C(CNC1CCN(c3ccccn3)CC1)CO2. The summed E-state index contributed by atoms with van der Waals surface area (Å²) in [4.78, 5) is 6.79. The molecule has 4 nitrogen and oxygen atoms in total. The van der Waals surface area contributed by atoms with Gasteiger partial charge >= 0.3 is 0 Å². The van der Waals surface area contributed by atoms with Crippen molar-refractivity contribution in [3.05, 3.63) is 57.7 Å². The molecule has 1 aromatic heterocycles. The first-order valence-corrected chi connectivity index (χ1v) is 9.65. The van der Waals surface area contributed by atoms with E-state index in [0.717, 1.165) is 49.6 Å². The molecule has 1 fully saturated rings. The van der Waals surface area contributed by atoms with Crippen LogP contribution in [0.15, 0.2) is 42.1 Å². The van der Waals surface area contributed by atoms with Gasteiger partial charge in [0.25, 0.3) is 0 Å². The van der Waals surface area contributed by atoms with Crippen molar-refractivity contribution in [2.75, 3.05) is 31.1 Å². The van der Waals surface area contributed by atoms with Crippen molar-refractivity contribution < 1.29 is 4.74 Å². The Morgan fingerprint density at radius 2 is 2.04 bits per heavy atom. The molecule has 3 heterocycles. The molecule has 0 spiro atoms. The zero-order valence-corrected chi connectivity index (χ0v) is 15.9. The van der Waals surface area contributed by atoms with Crippen LogP contribution in [0.4, 0.5) is 5.82 Å². The molecule has 136 valence electrons. The highest BCUT2D eigenvalue weighted by Gasteiger charge is 2.21. The van der Waals surface area contributed by atoms with Gasteiger partial charge in [-0.15, -0.1) is 0 Å². The molecule has 2 aliphatic heterocycles. The van der Waals surface area contributed by atoms with Crippen LogP contribution in [0.3, 0.4) is 0 Å². The summed E-state index contributed by atoms with van der Waals surface area (Å²) in [7, 11) is 0. The second kappa shape index (κ2) is 7.87. The number of rotatable bonds is 4. The number of halogens is 2. The standard InChI is InChI=1S/C20H21Cl2N3O/c21-16-10-15-9-14(13-26-20(15)18(22)11-16)12-24-17-4-7-25(8-5-17)19-3-1-2-6-23-19/h1-3,6,9-11,17,24H,4-5,7-8,12-13H2. The first kappa shape index (κ1) is 17.7. The van der Waals surface area contributed by atoms with Crippen LogP contribution < -0.4 is 15.0 Å². The summed E-state index contributed by atoms with van der Waals surface area (Å²) in [5, 5.41) is 4.86. The molecule has 0 saturated carbocycles. The number of ether oxygens (including phenoxy) is 1. The number of hydrogen-bond acceptors (Lipinski definition) is 4. The molecule has 2 aliphatic rings. The fourth-order valence-electron chi connectivity index (χ4n) is 3.50. The van der Waals surface area contributed by atoms with E-state index >= 15 is 0 Å². The Bertz CT molecular complexity index is 802. The van der Waals surface area contributed by atoms with Gasteiger partial charge in [0.15, 0.2) is 0 Å². The molecule has 4 rings (SSSR count). The Morgan fingerprint density at radius 3 is 2.81 bits per heavy atom. The van der Waals surface area contributed by atoms with E-state index in [1.54, 1.807) is 6.07 Å². The van der Waals surface area contributed by atoms with Crippen molar-refractivity contribution in [1.29, 1.82) is 0 Å². The quantitative estimate of drug-likeness (QED) is 0.839. The minimum absolute atomic E-state index is 0.514. The van der Waals surface area contributed by atoms with E-state index in [4.69, 9.17) is 27.9 Å². The van der Waals surface area contributed by atoms with E-state index in [2.05, 4.69) is 27.3 Å². The van der Waals surface area contributed by atoms with Gasteiger partial charge in [0.05, 0.1) is 5.02 Å². The third-order valence-corrected chi connectivity index (χ3v) is 5.38. The highest BCUT2D eigenvalue weighted by Crippen LogP contribution is 2.36. The number of nitrogens with zero attached hydrogens (tertiary/aromatic N) is 2. The normalized spacial score (nSPS) is 17.5. The third kappa shape index (κ3) is 3.98. The maximum atomic E-state index is 6.19. The lowest BCUT2D eigenvalue weighted by molar-refractivity contribution is 0.338. The van der Waals surface area contributed by atoms with Crippen molar-refractivity contribution in [3.63, 3.8) is 0 Å². The van der Waals surface area contributed by atoms with E-state index in [1.807, 2.05) is 24.4 Å². The van der Waals surface area contributed by atoms with E-state index in [-0.39, 0.29) is 0 Å². The molecule has 6 heteroatoms. The van der Waals surface area contributed by atoms with Gasteiger partial charge in [-0.1, -0.05) is 29.3 Å². The lowest BCUT2D eigenvalue weighted by Crippen LogP contribution is -2.43. The predicted octanol–water partition coefficient (Wildman–Crippen LogP) is 4.42. The molecule has 0 aliphatic carbocycles. The van der Waals surface area contributed by atoms with Gasteiger partial charge in [0.2, 0.25) is 0 Å². The van der Waals surface area contributed by atoms with Crippen LogP contribution in [0.2, 0.25) is 10.0 Å². The molecule has 0 amide bonds.